The molecule has 2 aliphatic rings. The molecule has 2 N–H and O–H groups in total. The van der Waals surface area contributed by atoms with E-state index in [2.05, 4.69) is 48.7 Å². The van der Waals surface area contributed by atoms with Crippen molar-refractivity contribution in [1.29, 1.82) is 0 Å². The van der Waals surface area contributed by atoms with Crippen molar-refractivity contribution in [2.75, 3.05) is 5.32 Å². The summed E-state index contributed by atoms with van der Waals surface area (Å²) in [5.74, 6) is -0.141. The number of benzene rings is 2. The highest BCUT2D eigenvalue weighted by molar-refractivity contribution is 5.89. The third kappa shape index (κ3) is 2.33. The van der Waals surface area contributed by atoms with Gasteiger partial charge in [-0.15, -0.1) is 0 Å². The summed E-state index contributed by atoms with van der Waals surface area (Å²) in [4.78, 5) is 11.3. The zero-order valence-corrected chi connectivity index (χ0v) is 13.0. The molecule has 0 bridgehead atoms. The fourth-order valence-corrected chi connectivity index (χ4v) is 3.83. The van der Waals surface area contributed by atoms with Crippen molar-refractivity contribution >= 4 is 11.7 Å². The smallest absolute Gasteiger partial charge is 0.335 e. The van der Waals surface area contributed by atoms with Crippen LogP contribution in [0.4, 0.5) is 5.69 Å². The normalized spacial score (nSPS) is 24.7. The SMILES string of the molecule is Cc1ccc([C@H]2Nc3ccc(C(=O)O)cc3[C@H]3C=CC[C@@H]32)cc1. The van der Waals surface area contributed by atoms with Gasteiger partial charge in [-0.2, -0.15) is 0 Å². The van der Waals surface area contributed by atoms with Crippen LogP contribution in [0.1, 0.15) is 45.4 Å². The average molecular weight is 305 g/mol. The zero-order valence-electron chi connectivity index (χ0n) is 13.0. The number of carboxylic acid groups (broad SMARTS) is 1. The molecular weight excluding hydrogens is 286 g/mol. The van der Waals surface area contributed by atoms with Crippen LogP contribution in [0.2, 0.25) is 0 Å². The Hall–Kier alpha value is -2.55. The molecule has 23 heavy (non-hydrogen) atoms. The van der Waals surface area contributed by atoms with Gasteiger partial charge in [-0.1, -0.05) is 42.0 Å². The molecule has 3 nitrogen and oxygen atoms in total. The van der Waals surface area contributed by atoms with Gasteiger partial charge >= 0.3 is 5.97 Å². The number of fused-ring (bicyclic) bond motifs is 3. The maximum absolute atomic E-state index is 11.3. The first-order valence-electron chi connectivity index (χ1n) is 8.00. The first kappa shape index (κ1) is 14.1. The minimum Gasteiger partial charge on any atom is -0.478 e. The molecule has 0 amide bonds. The first-order valence-corrected chi connectivity index (χ1v) is 8.00. The van der Waals surface area contributed by atoms with E-state index in [1.165, 1.54) is 11.1 Å². The fraction of sp³-hybridized carbons (Fsp3) is 0.250. The monoisotopic (exact) mass is 305 g/mol. The van der Waals surface area contributed by atoms with Gasteiger partial charge in [0, 0.05) is 11.6 Å². The van der Waals surface area contributed by atoms with Crippen molar-refractivity contribution in [3.8, 4) is 0 Å². The van der Waals surface area contributed by atoms with Crippen LogP contribution in [0.15, 0.2) is 54.6 Å². The second-order valence-electron chi connectivity index (χ2n) is 6.49. The lowest BCUT2D eigenvalue weighted by Gasteiger charge is -2.37. The standard InChI is InChI=1S/C20H19NO2/c1-12-5-7-13(8-6-12)19-16-4-2-3-15(16)17-11-14(20(22)23)9-10-18(17)21-19/h2-3,5-11,15-16,19,21H,4H2,1H3,(H,22,23)/t15-,16-,19+/m0/s1. The van der Waals surface area contributed by atoms with E-state index in [0.29, 0.717) is 11.5 Å². The zero-order chi connectivity index (χ0) is 16.0. The lowest BCUT2D eigenvalue weighted by Crippen LogP contribution is -2.29. The number of anilines is 1. The summed E-state index contributed by atoms with van der Waals surface area (Å²) in [5.41, 5.74) is 5.07. The summed E-state index contributed by atoms with van der Waals surface area (Å²) >= 11 is 0. The molecule has 3 heteroatoms. The molecule has 2 aromatic rings. The lowest BCUT2D eigenvalue weighted by molar-refractivity contribution is 0.0696. The van der Waals surface area contributed by atoms with Gasteiger partial charge in [0.2, 0.25) is 0 Å². The topological polar surface area (TPSA) is 49.3 Å². The van der Waals surface area contributed by atoms with Gasteiger partial charge in [-0.3, -0.25) is 0 Å². The van der Waals surface area contributed by atoms with Crippen molar-refractivity contribution in [3.63, 3.8) is 0 Å². The number of nitrogens with one attached hydrogen (secondary N) is 1. The van der Waals surface area contributed by atoms with E-state index in [1.807, 2.05) is 12.1 Å². The van der Waals surface area contributed by atoms with Crippen molar-refractivity contribution in [2.45, 2.75) is 25.3 Å². The largest absolute Gasteiger partial charge is 0.478 e. The Balaban J connectivity index is 1.77. The molecule has 2 aromatic carbocycles. The first-order chi connectivity index (χ1) is 11.1. The van der Waals surface area contributed by atoms with Crippen LogP contribution in [0.25, 0.3) is 0 Å². The summed E-state index contributed by atoms with van der Waals surface area (Å²) < 4.78 is 0. The Kier molecular flexibility index (Phi) is 3.22. The molecule has 4 rings (SSSR count). The Morgan fingerprint density at radius 2 is 1.96 bits per heavy atom. The average Bonchev–Trinajstić information content (AvgIpc) is 3.04. The van der Waals surface area contributed by atoms with Gasteiger partial charge in [0.1, 0.15) is 0 Å². The molecule has 0 saturated heterocycles. The minimum atomic E-state index is -0.869. The van der Waals surface area contributed by atoms with Gasteiger partial charge in [-0.25, -0.2) is 4.79 Å². The van der Waals surface area contributed by atoms with Crippen LogP contribution < -0.4 is 5.32 Å². The highest BCUT2D eigenvalue weighted by atomic mass is 16.4. The maximum Gasteiger partial charge on any atom is 0.335 e. The third-order valence-corrected chi connectivity index (χ3v) is 5.05. The van der Waals surface area contributed by atoms with Gasteiger partial charge in [0.05, 0.1) is 11.6 Å². The summed E-state index contributed by atoms with van der Waals surface area (Å²) in [6.07, 6.45) is 5.48. The summed E-state index contributed by atoms with van der Waals surface area (Å²) in [6, 6.07) is 14.4. The van der Waals surface area contributed by atoms with E-state index in [0.717, 1.165) is 17.7 Å². The van der Waals surface area contributed by atoms with E-state index in [4.69, 9.17) is 0 Å². The molecule has 0 aromatic heterocycles. The predicted molar refractivity (Wildman–Crippen MR) is 90.9 cm³/mol. The number of carboxylic acids is 1. The van der Waals surface area contributed by atoms with E-state index in [1.54, 1.807) is 6.07 Å². The van der Waals surface area contributed by atoms with Crippen LogP contribution in [-0.4, -0.2) is 11.1 Å². The molecule has 116 valence electrons. The van der Waals surface area contributed by atoms with Crippen LogP contribution >= 0.6 is 0 Å². The van der Waals surface area contributed by atoms with E-state index in [-0.39, 0.29) is 12.0 Å². The quantitative estimate of drug-likeness (QED) is 0.802. The highest BCUT2D eigenvalue weighted by Crippen LogP contribution is 2.49. The number of hydrogen-bond acceptors (Lipinski definition) is 2. The molecule has 0 spiro atoms. The molecule has 0 radical (unpaired) electrons. The van der Waals surface area contributed by atoms with E-state index < -0.39 is 5.97 Å². The van der Waals surface area contributed by atoms with Gasteiger partial charge in [0.15, 0.2) is 0 Å². The van der Waals surface area contributed by atoms with Crippen LogP contribution in [0, 0.1) is 12.8 Å². The lowest BCUT2D eigenvalue weighted by atomic mass is 9.76. The summed E-state index contributed by atoms with van der Waals surface area (Å²) in [6.45, 7) is 2.10. The molecule has 1 heterocycles. The third-order valence-electron chi connectivity index (χ3n) is 5.05. The molecule has 3 atom stereocenters. The Labute approximate surface area is 135 Å². The van der Waals surface area contributed by atoms with Crippen LogP contribution in [0.5, 0.6) is 0 Å². The van der Waals surface area contributed by atoms with Crippen molar-refractivity contribution in [3.05, 3.63) is 76.9 Å². The number of aryl methyl sites for hydroxylation is 1. The summed E-state index contributed by atoms with van der Waals surface area (Å²) in [5, 5.41) is 12.9. The molecule has 0 saturated carbocycles. The van der Waals surface area contributed by atoms with Gasteiger partial charge in [-0.05, 0) is 48.6 Å². The molecular formula is C20H19NO2. The molecule has 1 aliphatic heterocycles. The van der Waals surface area contributed by atoms with Crippen molar-refractivity contribution in [1.82, 2.24) is 0 Å². The van der Waals surface area contributed by atoms with Crippen LogP contribution in [-0.2, 0) is 0 Å². The van der Waals surface area contributed by atoms with Crippen LogP contribution in [0.3, 0.4) is 0 Å². The number of hydrogen-bond donors (Lipinski definition) is 2. The van der Waals surface area contributed by atoms with Crippen molar-refractivity contribution in [2.24, 2.45) is 5.92 Å². The number of carbonyl (C=O) groups is 1. The van der Waals surface area contributed by atoms with Crippen molar-refractivity contribution < 1.29 is 9.90 Å². The second-order valence-corrected chi connectivity index (χ2v) is 6.49. The Bertz CT molecular complexity index is 792. The number of rotatable bonds is 2. The van der Waals surface area contributed by atoms with Gasteiger partial charge in [0.25, 0.3) is 0 Å². The van der Waals surface area contributed by atoms with E-state index in [9.17, 15) is 9.90 Å². The Morgan fingerprint density at radius 1 is 1.17 bits per heavy atom. The second kappa shape index (κ2) is 5.27. The fourth-order valence-electron chi connectivity index (χ4n) is 3.83. The molecule has 1 aliphatic carbocycles. The number of aromatic carboxylic acids is 1. The molecule has 0 unspecified atom stereocenters. The maximum atomic E-state index is 11.3. The highest BCUT2D eigenvalue weighted by Gasteiger charge is 2.38. The Morgan fingerprint density at radius 3 is 2.70 bits per heavy atom. The van der Waals surface area contributed by atoms with Gasteiger partial charge < -0.3 is 10.4 Å². The predicted octanol–water partition coefficient (Wildman–Crippen LogP) is 4.52. The number of allylic oxidation sites excluding steroid dienone is 2. The van der Waals surface area contributed by atoms with E-state index >= 15 is 0 Å². The molecule has 0 fully saturated rings. The summed E-state index contributed by atoms with van der Waals surface area (Å²) in [7, 11) is 0. The minimum absolute atomic E-state index is 0.263.